The van der Waals surface area contributed by atoms with E-state index in [2.05, 4.69) is 18.5 Å². The largest absolute Gasteiger partial charge is 0.309 e. The van der Waals surface area contributed by atoms with Crippen molar-refractivity contribution in [1.82, 2.24) is 5.32 Å². The van der Waals surface area contributed by atoms with Crippen LogP contribution < -0.4 is 5.32 Å². The monoisotopic (exact) mass is 295 g/mol. The Bertz CT molecular complexity index is 394. The fraction of sp³-hybridized carbons (Fsp3) is 0.647. The lowest BCUT2D eigenvalue weighted by atomic mass is 9.83. The molecule has 1 fully saturated rings. The molecule has 112 valence electrons. The van der Waals surface area contributed by atoms with Crippen LogP contribution in [0.2, 0.25) is 0 Å². The summed E-state index contributed by atoms with van der Waals surface area (Å²) in [5, 5.41) is 3.74. The first-order valence-electron chi connectivity index (χ1n) is 7.73. The normalized spacial score (nSPS) is 18.6. The molecule has 0 aromatic heterocycles. The lowest BCUT2D eigenvalue weighted by Crippen LogP contribution is -2.44. The molecule has 1 nitrogen and oxygen atoms in total. The molecule has 0 amide bonds. The second-order valence-corrected chi connectivity index (χ2v) is 7.14. The van der Waals surface area contributed by atoms with Crippen LogP contribution in [0, 0.1) is 5.82 Å². The van der Waals surface area contributed by atoms with E-state index in [1.165, 1.54) is 37.7 Å². The number of benzene rings is 1. The minimum Gasteiger partial charge on any atom is -0.309 e. The van der Waals surface area contributed by atoms with E-state index in [1.807, 2.05) is 23.9 Å². The van der Waals surface area contributed by atoms with Gasteiger partial charge in [0.2, 0.25) is 0 Å². The van der Waals surface area contributed by atoms with Crippen LogP contribution in [0.5, 0.6) is 0 Å². The molecule has 0 saturated heterocycles. The standard InChI is InChI=1S/C17H26FNS/c1-3-4-6-16(14-7-9-15(18)10-8-14)19-13-17(20-2)11-5-12-17/h7-10,16,19H,3-6,11-13H2,1-2H3. The molecule has 1 unspecified atom stereocenters. The number of hydrogen-bond donors (Lipinski definition) is 1. The Labute approximate surface area is 126 Å². The van der Waals surface area contributed by atoms with E-state index in [0.717, 1.165) is 13.0 Å². The van der Waals surface area contributed by atoms with Crippen molar-refractivity contribution in [1.29, 1.82) is 0 Å². The SMILES string of the molecule is CCCCC(NCC1(SC)CCC1)c1ccc(F)cc1. The van der Waals surface area contributed by atoms with Crippen molar-refractivity contribution in [2.75, 3.05) is 12.8 Å². The Morgan fingerprint density at radius 2 is 2.00 bits per heavy atom. The second kappa shape index (κ2) is 7.46. The number of thioether (sulfide) groups is 1. The van der Waals surface area contributed by atoms with Crippen LogP contribution in [-0.2, 0) is 0 Å². The van der Waals surface area contributed by atoms with Crippen molar-refractivity contribution in [2.24, 2.45) is 0 Å². The Balaban J connectivity index is 1.97. The van der Waals surface area contributed by atoms with E-state index in [-0.39, 0.29) is 5.82 Å². The van der Waals surface area contributed by atoms with Crippen molar-refractivity contribution in [3.05, 3.63) is 35.6 Å². The average Bonchev–Trinajstić information content (AvgIpc) is 2.42. The van der Waals surface area contributed by atoms with Crippen LogP contribution >= 0.6 is 11.8 Å². The molecule has 1 N–H and O–H groups in total. The molecule has 1 aliphatic rings. The van der Waals surface area contributed by atoms with E-state index in [0.29, 0.717) is 10.8 Å². The Kier molecular flexibility index (Phi) is 5.91. The summed E-state index contributed by atoms with van der Waals surface area (Å²) in [6, 6.07) is 7.36. The zero-order valence-corrected chi connectivity index (χ0v) is 13.4. The molecular formula is C17H26FNS. The van der Waals surface area contributed by atoms with Gasteiger partial charge in [0, 0.05) is 17.3 Å². The topological polar surface area (TPSA) is 12.0 Å². The quantitative estimate of drug-likeness (QED) is 0.729. The van der Waals surface area contributed by atoms with Crippen molar-refractivity contribution in [3.63, 3.8) is 0 Å². The van der Waals surface area contributed by atoms with Gasteiger partial charge < -0.3 is 5.32 Å². The molecule has 2 rings (SSSR count). The summed E-state index contributed by atoms with van der Waals surface area (Å²) >= 11 is 2.00. The van der Waals surface area contributed by atoms with Gasteiger partial charge >= 0.3 is 0 Å². The molecule has 0 bridgehead atoms. The zero-order valence-electron chi connectivity index (χ0n) is 12.6. The van der Waals surface area contributed by atoms with Crippen LogP contribution in [0.3, 0.4) is 0 Å². The summed E-state index contributed by atoms with van der Waals surface area (Å²) in [5.41, 5.74) is 1.22. The Morgan fingerprint density at radius 1 is 1.30 bits per heavy atom. The van der Waals surface area contributed by atoms with Crippen molar-refractivity contribution < 1.29 is 4.39 Å². The van der Waals surface area contributed by atoms with E-state index in [1.54, 1.807) is 12.1 Å². The summed E-state index contributed by atoms with van der Waals surface area (Å²) in [4.78, 5) is 0. The molecule has 3 heteroatoms. The van der Waals surface area contributed by atoms with Gasteiger partial charge in [-0.3, -0.25) is 0 Å². The number of nitrogens with one attached hydrogen (secondary N) is 1. The molecule has 1 aromatic carbocycles. The maximum atomic E-state index is 13.1. The van der Waals surface area contributed by atoms with E-state index in [9.17, 15) is 4.39 Å². The lowest BCUT2D eigenvalue weighted by molar-refractivity contribution is 0.324. The van der Waals surface area contributed by atoms with Gasteiger partial charge in [0.1, 0.15) is 5.82 Å². The third-order valence-electron chi connectivity index (χ3n) is 4.49. The summed E-state index contributed by atoms with van der Waals surface area (Å²) < 4.78 is 13.5. The van der Waals surface area contributed by atoms with Crippen LogP contribution in [0.4, 0.5) is 4.39 Å². The third-order valence-corrected chi connectivity index (χ3v) is 5.91. The molecular weight excluding hydrogens is 269 g/mol. The minimum absolute atomic E-state index is 0.150. The molecule has 1 aromatic rings. The predicted molar refractivity (Wildman–Crippen MR) is 86.8 cm³/mol. The second-order valence-electron chi connectivity index (χ2n) is 5.87. The summed E-state index contributed by atoms with van der Waals surface area (Å²) in [6.07, 6.45) is 9.77. The molecule has 20 heavy (non-hydrogen) atoms. The smallest absolute Gasteiger partial charge is 0.123 e. The van der Waals surface area contributed by atoms with Gasteiger partial charge in [-0.1, -0.05) is 38.3 Å². The highest BCUT2D eigenvalue weighted by Gasteiger charge is 2.36. The predicted octanol–water partition coefficient (Wildman–Crippen LogP) is 4.93. The number of rotatable bonds is 8. The van der Waals surface area contributed by atoms with Gasteiger partial charge in [-0.15, -0.1) is 0 Å². The fourth-order valence-corrected chi connectivity index (χ4v) is 3.75. The average molecular weight is 295 g/mol. The zero-order chi connectivity index (χ0) is 14.4. The fourth-order valence-electron chi connectivity index (χ4n) is 2.82. The molecule has 0 aliphatic heterocycles. The van der Waals surface area contributed by atoms with Gasteiger partial charge in [-0.25, -0.2) is 4.39 Å². The van der Waals surface area contributed by atoms with Crippen LogP contribution in [-0.4, -0.2) is 17.5 Å². The van der Waals surface area contributed by atoms with Crippen LogP contribution in [0.1, 0.15) is 57.1 Å². The van der Waals surface area contributed by atoms with Gasteiger partial charge in [-0.05, 0) is 43.2 Å². The first-order chi connectivity index (χ1) is 9.69. The number of halogens is 1. The van der Waals surface area contributed by atoms with Crippen LogP contribution in [0.25, 0.3) is 0 Å². The van der Waals surface area contributed by atoms with Crippen molar-refractivity contribution in [3.8, 4) is 0 Å². The van der Waals surface area contributed by atoms with Gasteiger partial charge in [-0.2, -0.15) is 11.8 Å². The van der Waals surface area contributed by atoms with Crippen molar-refractivity contribution >= 4 is 11.8 Å². The number of unbranched alkanes of at least 4 members (excludes halogenated alkanes) is 1. The van der Waals surface area contributed by atoms with Crippen molar-refractivity contribution in [2.45, 2.75) is 56.2 Å². The first kappa shape index (κ1) is 15.8. The van der Waals surface area contributed by atoms with Gasteiger partial charge in [0.05, 0.1) is 0 Å². The number of hydrogen-bond acceptors (Lipinski definition) is 2. The summed E-state index contributed by atoms with van der Waals surface area (Å²) in [6.45, 7) is 3.29. The van der Waals surface area contributed by atoms with E-state index in [4.69, 9.17) is 0 Å². The van der Waals surface area contributed by atoms with Gasteiger partial charge in [0.25, 0.3) is 0 Å². The first-order valence-corrected chi connectivity index (χ1v) is 8.95. The molecule has 1 atom stereocenters. The molecule has 0 radical (unpaired) electrons. The third kappa shape index (κ3) is 3.98. The highest BCUT2D eigenvalue weighted by Crippen LogP contribution is 2.42. The maximum absolute atomic E-state index is 13.1. The molecule has 1 aliphatic carbocycles. The highest BCUT2D eigenvalue weighted by atomic mass is 32.2. The maximum Gasteiger partial charge on any atom is 0.123 e. The van der Waals surface area contributed by atoms with Crippen LogP contribution in [0.15, 0.2) is 24.3 Å². The molecule has 0 spiro atoms. The van der Waals surface area contributed by atoms with Gasteiger partial charge in [0.15, 0.2) is 0 Å². The highest BCUT2D eigenvalue weighted by molar-refractivity contribution is 8.00. The van der Waals surface area contributed by atoms with E-state index < -0.39 is 0 Å². The molecule has 1 saturated carbocycles. The lowest BCUT2D eigenvalue weighted by Gasteiger charge is -2.41. The summed E-state index contributed by atoms with van der Waals surface area (Å²) in [5.74, 6) is -0.150. The Hall–Kier alpha value is -0.540. The minimum atomic E-state index is -0.150. The van der Waals surface area contributed by atoms with E-state index >= 15 is 0 Å². The molecule has 0 heterocycles. The Morgan fingerprint density at radius 3 is 2.50 bits per heavy atom. The summed E-state index contributed by atoms with van der Waals surface area (Å²) in [7, 11) is 0.